The van der Waals surface area contributed by atoms with Crippen LogP contribution in [0.25, 0.3) is 10.9 Å². The first kappa shape index (κ1) is 25.3. The Balaban J connectivity index is 1.47. The van der Waals surface area contributed by atoms with Crippen molar-refractivity contribution in [1.82, 2.24) is 30.1 Å². The lowest BCUT2D eigenvalue weighted by molar-refractivity contribution is 0.0841. The van der Waals surface area contributed by atoms with Gasteiger partial charge in [0.2, 0.25) is 0 Å². The zero-order valence-electron chi connectivity index (χ0n) is 22.3. The molecule has 1 fully saturated rings. The van der Waals surface area contributed by atoms with Gasteiger partial charge in [0, 0.05) is 30.2 Å². The van der Waals surface area contributed by atoms with Crippen molar-refractivity contribution in [3.63, 3.8) is 0 Å². The summed E-state index contributed by atoms with van der Waals surface area (Å²) in [5.74, 6) is 0.896. The molecule has 194 valence electrons. The molecule has 1 atom stereocenters. The number of hydrogen-bond donors (Lipinski definition) is 1. The van der Waals surface area contributed by atoms with Crippen LogP contribution in [0.15, 0.2) is 53.3 Å². The highest BCUT2D eigenvalue weighted by atomic mass is 16.1. The van der Waals surface area contributed by atoms with Crippen LogP contribution in [0.1, 0.15) is 79.6 Å². The van der Waals surface area contributed by atoms with Crippen molar-refractivity contribution in [3.8, 4) is 0 Å². The summed E-state index contributed by atoms with van der Waals surface area (Å²) >= 11 is 0. The van der Waals surface area contributed by atoms with E-state index in [1.165, 1.54) is 36.0 Å². The monoisotopic (exact) mass is 498 g/mol. The fraction of sp³-hybridized carbons (Fsp3) is 0.467. The number of nitrogens with one attached hydrogen (secondary N) is 1. The number of aromatic nitrogens is 5. The predicted molar refractivity (Wildman–Crippen MR) is 147 cm³/mol. The average Bonchev–Trinajstić information content (AvgIpc) is 3.38. The van der Waals surface area contributed by atoms with Gasteiger partial charge in [0.05, 0.1) is 6.04 Å². The number of fused-ring (bicyclic) bond motifs is 1. The quantitative estimate of drug-likeness (QED) is 0.322. The molecule has 2 heterocycles. The molecule has 0 radical (unpaired) electrons. The Morgan fingerprint density at radius 1 is 1.05 bits per heavy atom. The van der Waals surface area contributed by atoms with Gasteiger partial charge in [-0.05, 0) is 90.2 Å². The lowest BCUT2D eigenvalue weighted by Crippen LogP contribution is -2.41. The maximum absolute atomic E-state index is 13.2. The number of benzene rings is 2. The molecule has 4 aromatic rings. The highest BCUT2D eigenvalue weighted by molar-refractivity contribution is 5.80. The lowest BCUT2D eigenvalue weighted by Gasteiger charge is -2.39. The van der Waals surface area contributed by atoms with Crippen molar-refractivity contribution in [2.75, 3.05) is 0 Å². The minimum absolute atomic E-state index is 0.00455. The molecule has 7 heteroatoms. The molecule has 2 aromatic heterocycles. The Hall–Kier alpha value is -3.32. The largest absolute Gasteiger partial charge is 0.322 e. The molecular formula is C30H38N6O. The van der Waals surface area contributed by atoms with E-state index in [1.807, 2.05) is 10.7 Å². The lowest BCUT2D eigenvalue weighted by atomic mass is 9.92. The van der Waals surface area contributed by atoms with Gasteiger partial charge in [-0.25, -0.2) is 4.68 Å². The van der Waals surface area contributed by atoms with Gasteiger partial charge >= 0.3 is 0 Å². The van der Waals surface area contributed by atoms with Crippen LogP contribution >= 0.6 is 0 Å². The Morgan fingerprint density at radius 3 is 2.57 bits per heavy atom. The maximum Gasteiger partial charge on any atom is 0.252 e. The Morgan fingerprint density at radius 2 is 1.81 bits per heavy atom. The normalized spacial score (nSPS) is 15.5. The fourth-order valence-corrected chi connectivity index (χ4v) is 5.80. The van der Waals surface area contributed by atoms with Crippen LogP contribution in [0.4, 0.5) is 0 Å². The van der Waals surface area contributed by atoms with Crippen LogP contribution in [-0.4, -0.2) is 36.1 Å². The average molecular weight is 499 g/mol. The summed E-state index contributed by atoms with van der Waals surface area (Å²) in [5.41, 5.74) is 5.40. The van der Waals surface area contributed by atoms with Gasteiger partial charge in [0.1, 0.15) is 0 Å². The van der Waals surface area contributed by atoms with Crippen LogP contribution < -0.4 is 5.56 Å². The molecule has 5 rings (SSSR count). The summed E-state index contributed by atoms with van der Waals surface area (Å²) in [5, 5.41) is 14.1. The first-order valence-electron chi connectivity index (χ1n) is 13.7. The van der Waals surface area contributed by atoms with Gasteiger partial charge in [-0.1, -0.05) is 56.5 Å². The van der Waals surface area contributed by atoms with Gasteiger partial charge < -0.3 is 4.98 Å². The summed E-state index contributed by atoms with van der Waals surface area (Å²) in [6.07, 6.45) is 7.78. The third-order valence-corrected chi connectivity index (χ3v) is 8.03. The molecule has 0 amide bonds. The Kier molecular flexibility index (Phi) is 7.79. The van der Waals surface area contributed by atoms with Crippen LogP contribution in [0, 0.1) is 13.8 Å². The molecule has 7 nitrogen and oxygen atoms in total. The van der Waals surface area contributed by atoms with Crippen LogP contribution in [0.2, 0.25) is 0 Å². The van der Waals surface area contributed by atoms with Crippen molar-refractivity contribution < 1.29 is 0 Å². The number of rotatable bonds is 9. The Labute approximate surface area is 218 Å². The van der Waals surface area contributed by atoms with Crippen LogP contribution in [0.5, 0.6) is 0 Å². The molecule has 0 bridgehead atoms. The van der Waals surface area contributed by atoms with E-state index >= 15 is 0 Å². The van der Waals surface area contributed by atoms with Crippen molar-refractivity contribution in [2.24, 2.45) is 0 Å². The first-order valence-corrected chi connectivity index (χ1v) is 13.7. The highest BCUT2D eigenvalue weighted by Crippen LogP contribution is 2.33. The molecule has 0 spiro atoms. The predicted octanol–water partition coefficient (Wildman–Crippen LogP) is 5.66. The third-order valence-electron chi connectivity index (χ3n) is 8.03. The number of H-pyrrole nitrogens is 1. The second kappa shape index (κ2) is 11.4. The van der Waals surface area contributed by atoms with E-state index in [0.717, 1.165) is 54.5 Å². The standard InChI is InChI=1S/C30H38N6O/c1-4-28(29-32-33-34-36(29)16-15-23-11-7-5-8-12-23)35(26-13-9-6-10-14-26)20-25-19-24-17-21(2)22(3)18-27(24)31-30(25)37/h5,7-8,11-12,17-19,26,28H,4,6,9-10,13-16,20H2,1-3H3,(H,31,37)/t28-/m1/s1. The highest BCUT2D eigenvalue weighted by Gasteiger charge is 2.32. The molecule has 0 aliphatic heterocycles. The molecule has 0 unspecified atom stereocenters. The number of pyridine rings is 1. The Bertz CT molecular complexity index is 1390. The topological polar surface area (TPSA) is 79.7 Å². The van der Waals surface area contributed by atoms with E-state index < -0.39 is 0 Å². The summed E-state index contributed by atoms with van der Waals surface area (Å²) in [7, 11) is 0. The number of tetrazole rings is 1. The zero-order valence-corrected chi connectivity index (χ0v) is 22.3. The molecule has 1 N–H and O–H groups in total. The SMILES string of the molecule is CC[C@H](c1nnnn1CCc1ccccc1)N(Cc1cc2cc(C)c(C)cc2[nH]c1=O)C1CCCCC1. The van der Waals surface area contributed by atoms with Crippen molar-refractivity contribution >= 4 is 10.9 Å². The molecule has 1 saturated carbocycles. The molecular weight excluding hydrogens is 460 g/mol. The minimum atomic E-state index is -0.00455. The summed E-state index contributed by atoms with van der Waals surface area (Å²) < 4.78 is 1.97. The van der Waals surface area contributed by atoms with Gasteiger partial charge in [-0.15, -0.1) is 5.10 Å². The summed E-state index contributed by atoms with van der Waals surface area (Å²) in [6, 6.07) is 17.3. The first-order chi connectivity index (χ1) is 18.0. The van der Waals surface area contributed by atoms with Crippen LogP contribution in [-0.2, 0) is 19.5 Å². The van der Waals surface area contributed by atoms with Crippen molar-refractivity contribution in [1.29, 1.82) is 0 Å². The van der Waals surface area contributed by atoms with Gasteiger partial charge in [-0.3, -0.25) is 9.69 Å². The summed E-state index contributed by atoms with van der Waals surface area (Å²) in [6.45, 7) is 7.73. The van der Waals surface area contributed by atoms with E-state index in [0.29, 0.717) is 12.6 Å². The smallest absolute Gasteiger partial charge is 0.252 e. The van der Waals surface area contributed by atoms with E-state index in [-0.39, 0.29) is 11.6 Å². The zero-order chi connectivity index (χ0) is 25.8. The van der Waals surface area contributed by atoms with E-state index in [2.05, 4.69) is 88.6 Å². The maximum atomic E-state index is 13.2. The van der Waals surface area contributed by atoms with Gasteiger partial charge in [-0.2, -0.15) is 0 Å². The van der Waals surface area contributed by atoms with E-state index in [9.17, 15) is 4.79 Å². The molecule has 0 saturated heterocycles. The molecule has 2 aromatic carbocycles. The second-order valence-corrected chi connectivity index (χ2v) is 10.5. The number of hydrogen-bond acceptors (Lipinski definition) is 5. The van der Waals surface area contributed by atoms with Crippen molar-refractivity contribution in [3.05, 3.63) is 87.0 Å². The van der Waals surface area contributed by atoms with E-state index in [1.54, 1.807) is 0 Å². The van der Waals surface area contributed by atoms with E-state index in [4.69, 9.17) is 0 Å². The van der Waals surface area contributed by atoms with Gasteiger partial charge in [0.25, 0.3) is 5.56 Å². The molecule has 37 heavy (non-hydrogen) atoms. The number of nitrogens with zero attached hydrogens (tertiary/aromatic N) is 5. The molecule has 1 aliphatic rings. The number of aromatic amines is 1. The van der Waals surface area contributed by atoms with Gasteiger partial charge in [0.15, 0.2) is 5.82 Å². The summed E-state index contributed by atoms with van der Waals surface area (Å²) in [4.78, 5) is 18.9. The molecule has 1 aliphatic carbocycles. The second-order valence-electron chi connectivity index (χ2n) is 10.5. The minimum Gasteiger partial charge on any atom is -0.322 e. The fourth-order valence-electron chi connectivity index (χ4n) is 5.80. The van der Waals surface area contributed by atoms with Crippen molar-refractivity contribution in [2.45, 2.75) is 90.9 Å². The number of aryl methyl sites for hydroxylation is 4. The van der Waals surface area contributed by atoms with Crippen LogP contribution in [0.3, 0.4) is 0 Å². The third kappa shape index (κ3) is 5.67.